The fourth-order valence-corrected chi connectivity index (χ4v) is 2.64. The maximum absolute atomic E-state index is 10.5. The summed E-state index contributed by atoms with van der Waals surface area (Å²) in [6, 6.07) is 7.63. The van der Waals surface area contributed by atoms with Crippen LogP contribution in [0.1, 0.15) is 6.42 Å². The Morgan fingerprint density at radius 1 is 1.44 bits per heavy atom. The lowest BCUT2D eigenvalue weighted by atomic mass is 10.2. The third kappa shape index (κ3) is 2.73. The highest BCUT2D eigenvalue weighted by molar-refractivity contribution is 7.99. The van der Waals surface area contributed by atoms with Gasteiger partial charge in [-0.25, -0.2) is 0 Å². The number of pyridine rings is 1. The number of para-hydroxylation sites is 1. The van der Waals surface area contributed by atoms with Gasteiger partial charge in [0.1, 0.15) is 11.3 Å². The summed E-state index contributed by atoms with van der Waals surface area (Å²) in [7, 11) is 1.61. The van der Waals surface area contributed by atoms with Gasteiger partial charge in [0.2, 0.25) is 0 Å². The molecule has 0 saturated heterocycles. The third-order valence-electron chi connectivity index (χ3n) is 2.49. The van der Waals surface area contributed by atoms with Gasteiger partial charge in [-0.2, -0.15) is 0 Å². The normalized spacial score (nSPS) is 10.5. The van der Waals surface area contributed by atoms with E-state index in [9.17, 15) is 4.79 Å². The smallest absolute Gasteiger partial charge is 0.304 e. The summed E-state index contributed by atoms with van der Waals surface area (Å²) >= 11 is 1.52. The first-order chi connectivity index (χ1) is 8.72. The number of carbonyl (C=O) groups is 1. The molecule has 0 aliphatic carbocycles. The Hall–Kier alpha value is -1.75. The molecule has 0 radical (unpaired) electrons. The van der Waals surface area contributed by atoms with Crippen LogP contribution >= 0.6 is 11.8 Å². The Kier molecular flexibility index (Phi) is 4.04. The Morgan fingerprint density at radius 2 is 2.28 bits per heavy atom. The maximum atomic E-state index is 10.5. The van der Waals surface area contributed by atoms with E-state index in [4.69, 9.17) is 9.84 Å². The van der Waals surface area contributed by atoms with Crippen molar-refractivity contribution in [2.45, 2.75) is 11.3 Å². The number of hydrogen-bond donors (Lipinski definition) is 1. The zero-order valence-electron chi connectivity index (χ0n) is 9.92. The van der Waals surface area contributed by atoms with Crippen molar-refractivity contribution in [3.8, 4) is 5.75 Å². The molecule has 4 nitrogen and oxygen atoms in total. The predicted molar refractivity (Wildman–Crippen MR) is 71.3 cm³/mol. The highest BCUT2D eigenvalue weighted by atomic mass is 32.2. The number of carboxylic acid groups (broad SMARTS) is 1. The third-order valence-corrected chi connectivity index (χ3v) is 3.56. The van der Waals surface area contributed by atoms with Crippen molar-refractivity contribution in [2.24, 2.45) is 0 Å². The van der Waals surface area contributed by atoms with Gasteiger partial charge >= 0.3 is 5.97 Å². The molecule has 0 saturated carbocycles. The summed E-state index contributed by atoms with van der Waals surface area (Å²) in [5.41, 5.74) is 0.806. The number of methoxy groups -OCH3 is 1. The molecular weight excluding hydrogens is 250 g/mol. The molecule has 0 spiro atoms. The number of hydrogen-bond acceptors (Lipinski definition) is 4. The number of fused-ring (bicyclic) bond motifs is 1. The van der Waals surface area contributed by atoms with Crippen LogP contribution in [0.3, 0.4) is 0 Å². The van der Waals surface area contributed by atoms with Crippen LogP contribution in [0.25, 0.3) is 10.9 Å². The van der Waals surface area contributed by atoms with E-state index in [1.807, 2.05) is 24.3 Å². The van der Waals surface area contributed by atoms with Gasteiger partial charge in [0.25, 0.3) is 0 Å². The van der Waals surface area contributed by atoms with E-state index < -0.39 is 5.97 Å². The molecule has 5 heteroatoms. The van der Waals surface area contributed by atoms with Crippen LogP contribution in [0, 0.1) is 0 Å². The zero-order valence-corrected chi connectivity index (χ0v) is 10.7. The largest absolute Gasteiger partial charge is 0.494 e. The summed E-state index contributed by atoms with van der Waals surface area (Å²) in [4.78, 5) is 15.8. The number of ether oxygens (including phenoxy) is 1. The minimum Gasteiger partial charge on any atom is -0.494 e. The first-order valence-corrected chi connectivity index (χ1v) is 6.47. The van der Waals surface area contributed by atoms with E-state index in [1.165, 1.54) is 11.8 Å². The molecule has 0 bridgehead atoms. The summed E-state index contributed by atoms with van der Waals surface area (Å²) < 4.78 is 5.26. The number of nitrogens with zero attached hydrogens (tertiary/aromatic N) is 1. The second kappa shape index (κ2) is 5.73. The molecule has 1 heterocycles. The second-order valence-corrected chi connectivity index (χ2v) is 4.79. The topological polar surface area (TPSA) is 59.4 Å². The summed E-state index contributed by atoms with van der Waals surface area (Å²) in [6.07, 6.45) is 1.87. The van der Waals surface area contributed by atoms with Gasteiger partial charge in [-0.15, -0.1) is 11.8 Å². The second-order valence-electron chi connectivity index (χ2n) is 3.66. The van der Waals surface area contributed by atoms with Crippen molar-refractivity contribution in [1.82, 2.24) is 4.98 Å². The Morgan fingerprint density at radius 3 is 3.00 bits per heavy atom. The van der Waals surface area contributed by atoms with E-state index in [1.54, 1.807) is 13.3 Å². The van der Waals surface area contributed by atoms with Crippen molar-refractivity contribution in [2.75, 3.05) is 12.9 Å². The first kappa shape index (κ1) is 12.7. The number of aliphatic carboxylic acids is 1. The lowest BCUT2D eigenvalue weighted by Gasteiger charge is -2.08. The Bertz CT molecular complexity index is 571. The molecule has 0 fully saturated rings. The van der Waals surface area contributed by atoms with Crippen molar-refractivity contribution < 1.29 is 14.6 Å². The molecule has 0 aliphatic rings. The van der Waals surface area contributed by atoms with Crippen LogP contribution in [-0.4, -0.2) is 28.9 Å². The van der Waals surface area contributed by atoms with Crippen molar-refractivity contribution >= 4 is 28.6 Å². The maximum Gasteiger partial charge on any atom is 0.304 e. The van der Waals surface area contributed by atoms with Crippen LogP contribution in [0.15, 0.2) is 35.4 Å². The van der Waals surface area contributed by atoms with Crippen molar-refractivity contribution in [1.29, 1.82) is 0 Å². The van der Waals surface area contributed by atoms with Crippen LogP contribution in [0.5, 0.6) is 5.75 Å². The minimum absolute atomic E-state index is 0.151. The van der Waals surface area contributed by atoms with Crippen LogP contribution < -0.4 is 4.74 Å². The highest BCUT2D eigenvalue weighted by Gasteiger charge is 2.07. The molecular formula is C13H13NO3S. The van der Waals surface area contributed by atoms with Crippen molar-refractivity contribution in [3.05, 3.63) is 30.5 Å². The molecule has 1 aromatic heterocycles. The molecule has 1 aromatic carbocycles. The van der Waals surface area contributed by atoms with Crippen molar-refractivity contribution in [3.63, 3.8) is 0 Å². The van der Waals surface area contributed by atoms with Crippen LogP contribution in [-0.2, 0) is 4.79 Å². The Balaban J connectivity index is 2.31. The minimum atomic E-state index is -0.779. The van der Waals surface area contributed by atoms with Gasteiger partial charge in [0.15, 0.2) is 0 Å². The van der Waals surface area contributed by atoms with Gasteiger partial charge in [-0.3, -0.25) is 9.78 Å². The van der Waals surface area contributed by atoms with E-state index in [0.29, 0.717) is 5.75 Å². The lowest BCUT2D eigenvalue weighted by molar-refractivity contribution is -0.136. The van der Waals surface area contributed by atoms with Gasteiger partial charge in [0.05, 0.1) is 13.5 Å². The van der Waals surface area contributed by atoms with E-state index in [2.05, 4.69) is 4.98 Å². The molecule has 0 amide bonds. The lowest BCUT2D eigenvalue weighted by Crippen LogP contribution is -1.96. The van der Waals surface area contributed by atoms with Crippen LogP contribution in [0.2, 0.25) is 0 Å². The van der Waals surface area contributed by atoms with Gasteiger partial charge in [-0.05, 0) is 12.1 Å². The molecule has 0 unspecified atom stereocenters. The van der Waals surface area contributed by atoms with Crippen LogP contribution in [0.4, 0.5) is 0 Å². The summed E-state index contributed by atoms with van der Waals surface area (Å²) in [6.45, 7) is 0. The predicted octanol–water partition coefficient (Wildman–Crippen LogP) is 2.81. The molecule has 94 valence electrons. The average Bonchev–Trinajstić information content (AvgIpc) is 2.38. The molecule has 1 N–H and O–H groups in total. The summed E-state index contributed by atoms with van der Waals surface area (Å²) in [5, 5.41) is 9.63. The monoisotopic (exact) mass is 263 g/mol. The fraction of sp³-hybridized carbons (Fsp3) is 0.231. The number of benzene rings is 1. The molecule has 18 heavy (non-hydrogen) atoms. The molecule has 0 aliphatic heterocycles. The molecule has 2 rings (SSSR count). The molecule has 2 aromatic rings. The quantitative estimate of drug-likeness (QED) is 0.840. The van der Waals surface area contributed by atoms with E-state index >= 15 is 0 Å². The summed E-state index contributed by atoms with van der Waals surface area (Å²) in [5.74, 6) is 0.498. The van der Waals surface area contributed by atoms with E-state index in [0.717, 1.165) is 21.5 Å². The SMILES string of the molecule is COc1cccc2c(SCCC(=O)O)ccnc12. The van der Waals surface area contributed by atoms with Gasteiger partial charge in [-0.1, -0.05) is 12.1 Å². The first-order valence-electron chi connectivity index (χ1n) is 5.48. The standard InChI is InChI=1S/C13H13NO3S/c1-17-10-4-2-3-9-11(5-7-14-13(9)10)18-8-6-12(15)16/h2-5,7H,6,8H2,1H3,(H,15,16). The zero-order chi connectivity index (χ0) is 13.0. The highest BCUT2D eigenvalue weighted by Crippen LogP contribution is 2.31. The van der Waals surface area contributed by atoms with E-state index in [-0.39, 0.29) is 6.42 Å². The number of thioether (sulfide) groups is 1. The molecule has 0 atom stereocenters. The number of carboxylic acids is 1. The van der Waals surface area contributed by atoms with Gasteiger partial charge in [0, 0.05) is 22.2 Å². The Labute approximate surface area is 109 Å². The number of rotatable bonds is 5. The fourth-order valence-electron chi connectivity index (χ4n) is 1.66. The average molecular weight is 263 g/mol. The van der Waals surface area contributed by atoms with Gasteiger partial charge < -0.3 is 9.84 Å². The number of aromatic nitrogens is 1.